The maximum Gasteiger partial charge on any atom is 0.335 e. The zero-order valence-corrected chi connectivity index (χ0v) is 22.8. The van der Waals surface area contributed by atoms with Gasteiger partial charge in [0.25, 0.3) is 11.8 Å². The molecule has 0 saturated carbocycles. The minimum atomic E-state index is -0.791. The number of hydrogen-bond acceptors (Lipinski definition) is 7. The van der Waals surface area contributed by atoms with Crippen LogP contribution >= 0.6 is 0 Å². The smallest absolute Gasteiger partial charge is 0.335 e. The van der Waals surface area contributed by atoms with Crippen LogP contribution in [0.1, 0.15) is 23.6 Å². The minimum absolute atomic E-state index is 0.168. The van der Waals surface area contributed by atoms with Gasteiger partial charge in [0.15, 0.2) is 11.5 Å². The van der Waals surface area contributed by atoms with E-state index in [0.717, 1.165) is 16.2 Å². The maximum absolute atomic E-state index is 13.2. The van der Waals surface area contributed by atoms with Gasteiger partial charge in [-0.1, -0.05) is 35.9 Å². The molecule has 1 saturated heterocycles. The molecule has 4 amide bonds. The van der Waals surface area contributed by atoms with E-state index in [1.807, 2.05) is 51.1 Å². The van der Waals surface area contributed by atoms with Gasteiger partial charge in [0.1, 0.15) is 24.5 Å². The van der Waals surface area contributed by atoms with Crippen molar-refractivity contribution in [2.24, 2.45) is 0 Å². The Bertz CT molecular complexity index is 1400. The number of carbonyl (C=O) groups is 3. The van der Waals surface area contributed by atoms with Crippen LogP contribution in [-0.2, 0) is 14.3 Å². The summed E-state index contributed by atoms with van der Waals surface area (Å²) in [5.41, 5.74) is 2.80. The second-order valence-electron chi connectivity index (χ2n) is 9.06. The summed E-state index contributed by atoms with van der Waals surface area (Å²) in [7, 11) is 0. The molecule has 0 bridgehead atoms. The van der Waals surface area contributed by atoms with Crippen LogP contribution in [0.15, 0.2) is 72.3 Å². The van der Waals surface area contributed by atoms with Gasteiger partial charge in [-0.2, -0.15) is 0 Å². The lowest BCUT2D eigenvalue weighted by Gasteiger charge is -2.26. The number of nitrogens with one attached hydrogen (secondary N) is 1. The number of benzene rings is 3. The Hall–Kier alpha value is -4.63. The lowest BCUT2D eigenvalue weighted by atomic mass is 10.1. The van der Waals surface area contributed by atoms with Gasteiger partial charge in [0.2, 0.25) is 0 Å². The second-order valence-corrected chi connectivity index (χ2v) is 9.06. The molecular formula is C31H32N2O7. The fourth-order valence-corrected chi connectivity index (χ4v) is 3.99. The van der Waals surface area contributed by atoms with Crippen LogP contribution in [-0.4, -0.2) is 50.9 Å². The molecule has 9 nitrogen and oxygen atoms in total. The van der Waals surface area contributed by atoms with Crippen molar-refractivity contribution in [3.05, 3.63) is 89.0 Å². The van der Waals surface area contributed by atoms with Crippen LogP contribution in [0.4, 0.5) is 10.5 Å². The number of carbonyl (C=O) groups excluding carboxylic acids is 3. The maximum atomic E-state index is 13.2. The molecule has 40 heavy (non-hydrogen) atoms. The predicted molar refractivity (Wildman–Crippen MR) is 151 cm³/mol. The van der Waals surface area contributed by atoms with Gasteiger partial charge in [0, 0.05) is 0 Å². The molecule has 3 aromatic rings. The quantitative estimate of drug-likeness (QED) is 0.198. The van der Waals surface area contributed by atoms with E-state index in [2.05, 4.69) is 5.32 Å². The third-order valence-corrected chi connectivity index (χ3v) is 5.94. The summed E-state index contributed by atoms with van der Waals surface area (Å²) in [5.74, 6) is 0.278. The van der Waals surface area contributed by atoms with Crippen LogP contribution in [0, 0.1) is 13.8 Å². The molecule has 1 aliphatic rings. The van der Waals surface area contributed by atoms with E-state index in [4.69, 9.17) is 18.9 Å². The summed E-state index contributed by atoms with van der Waals surface area (Å²) in [5, 5.41) is 2.24. The molecule has 1 heterocycles. The van der Waals surface area contributed by atoms with Gasteiger partial charge in [0.05, 0.1) is 25.5 Å². The number of hydrogen-bond donors (Lipinski definition) is 1. The Morgan fingerprint density at radius 2 is 1.52 bits per heavy atom. The molecule has 9 heteroatoms. The van der Waals surface area contributed by atoms with Gasteiger partial charge in [-0.05, 0) is 74.4 Å². The van der Waals surface area contributed by atoms with E-state index in [9.17, 15) is 14.4 Å². The molecule has 0 aromatic heterocycles. The molecule has 1 aliphatic heterocycles. The fraction of sp³-hybridized carbons (Fsp3) is 0.258. The van der Waals surface area contributed by atoms with Gasteiger partial charge in [-0.3, -0.25) is 14.9 Å². The van der Waals surface area contributed by atoms with Crippen molar-refractivity contribution >= 4 is 29.6 Å². The summed E-state index contributed by atoms with van der Waals surface area (Å²) in [4.78, 5) is 39.2. The summed E-state index contributed by atoms with van der Waals surface area (Å²) in [6, 6.07) is 19.0. The third kappa shape index (κ3) is 7.27. The van der Waals surface area contributed by atoms with Crippen molar-refractivity contribution in [1.29, 1.82) is 0 Å². The Balaban J connectivity index is 1.37. The zero-order chi connectivity index (χ0) is 28.5. The number of amides is 4. The topological polar surface area (TPSA) is 103 Å². The lowest BCUT2D eigenvalue weighted by Crippen LogP contribution is -2.54. The van der Waals surface area contributed by atoms with Crippen molar-refractivity contribution in [2.75, 3.05) is 37.9 Å². The highest BCUT2D eigenvalue weighted by atomic mass is 16.6. The monoisotopic (exact) mass is 544 g/mol. The molecule has 0 spiro atoms. The average molecular weight is 545 g/mol. The largest absolute Gasteiger partial charge is 0.491 e. The van der Waals surface area contributed by atoms with Crippen LogP contribution < -0.4 is 24.4 Å². The summed E-state index contributed by atoms with van der Waals surface area (Å²) >= 11 is 0. The van der Waals surface area contributed by atoms with Gasteiger partial charge < -0.3 is 18.9 Å². The number of ether oxygens (including phenoxy) is 4. The minimum Gasteiger partial charge on any atom is -0.491 e. The molecule has 0 unspecified atom stereocenters. The highest BCUT2D eigenvalue weighted by Crippen LogP contribution is 2.30. The molecule has 0 aliphatic carbocycles. The number of urea groups is 1. The number of barbiturate groups is 1. The first-order valence-electron chi connectivity index (χ1n) is 13.0. The Morgan fingerprint density at radius 3 is 2.25 bits per heavy atom. The van der Waals surface area contributed by atoms with Crippen LogP contribution in [0.2, 0.25) is 0 Å². The molecule has 4 rings (SSSR count). The SMILES string of the molecule is CCOc1cc(C=C2C(=O)NC(=O)N(c3cccc(C)c3)C2=O)ccc1OCCOCCOc1ccc(C)cc1. The Labute approximate surface area is 233 Å². The van der Waals surface area contributed by atoms with E-state index < -0.39 is 17.8 Å². The number of rotatable bonds is 12. The van der Waals surface area contributed by atoms with Gasteiger partial charge in [-0.25, -0.2) is 9.69 Å². The van der Waals surface area contributed by atoms with Crippen molar-refractivity contribution in [2.45, 2.75) is 20.8 Å². The highest BCUT2D eigenvalue weighted by Gasteiger charge is 2.36. The van der Waals surface area contributed by atoms with Crippen molar-refractivity contribution in [3.63, 3.8) is 0 Å². The van der Waals surface area contributed by atoms with E-state index in [1.54, 1.807) is 36.4 Å². The molecule has 1 N–H and O–H groups in total. The standard InChI is InChI=1S/C31H32N2O7/c1-4-38-28-20-23(10-13-27(28)40-17-15-37-14-16-39-25-11-8-21(2)9-12-25)19-26-29(34)32-31(36)33(30(26)35)24-7-5-6-22(3)18-24/h5-13,18-20H,4,14-17H2,1-3H3,(H,32,34,36). The van der Waals surface area contributed by atoms with Crippen molar-refractivity contribution in [3.8, 4) is 17.2 Å². The van der Waals surface area contributed by atoms with Crippen molar-refractivity contribution < 1.29 is 33.3 Å². The summed E-state index contributed by atoms with van der Waals surface area (Å²) < 4.78 is 22.8. The predicted octanol–water partition coefficient (Wildman–Crippen LogP) is 4.84. The number of nitrogens with zero attached hydrogens (tertiary/aromatic N) is 1. The van der Waals surface area contributed by atoms with Gasteiger partial charge in [-0.15, -0.1) is 0 Å². The second kappa shape index (κ2) is 13.4. The third-order valence-electron chi connectivity index (χ3n) is 5.94. The first-order valence-corrected chi connectivity index (χ1v) is 13.0. The normalized spacial score (nSPS) is 14.3. The molecular weight excluding hydrogens is 512 g/mol. The average Bonchev–Trinajstić information content (AvgIpc) is 2.92. The first kappa shape index (κ1) is 28.4. The summed E-state index contributed by atoms with van der Waals surface area (Å²) in [6.07, 6.45) is 1.43. The Kier molecular flexibility index (Phi) is 9.53. The number of imide groups is 2. The lowest BCUT2D eigenvalue weighted by molar-refractivity contribution is -0.122. The molecule has 3 aromatic carbocycles. The van der Waals surface area contributed by atoms with Crippen LogP contribution in [0.5, 0.6) is 17.2 Å². The zero-order valence-electron chi connectivity index (χ0n) is 22.8. The number of anilines is 1. The van der Waals surface area contributed by atoms with Crippen LogP contribution in [0.3, 0.4) is 0 Å². The van der Waals surface area contributed by atoms with E-state index in [-0.39, 0.29) is 5.57 Å². The van der Waals surface area contributed by atoms with E-state index in [1.165, 1.54) is 11.6 Å². The first-order chi connectivity index (χ1) is 19.4. The van der Waals surface area contributed by atoms with E-state index in [0.29, 0.717) is 55.8 Å². The van der Waals surface area contributed by atoms with Gasteiger partial charge >= 0.3 is 6.03 Å². The number of aryl methyl sites for hydroxylation is 2. The molecule has 0 atom stereocenters. The molecule has 208 valence electrons. The molecule has 1 fully saturated rings. The Morgan fingerprint density at radius 1 is 0.775 bits per heavy atom. The van der Waals surface area contributed by atoms with E-state index >= 15 is 0 Å². The summed E-state index contributed by atoms with van der Waals surface area (Å²) in [6.45, 7) is 7.59. The highest BCUT2D eigenvalue weighted by molar-refractivity contribution is 6.39. The molecule has 0 radical (unpaired) electrons. The fourth-order valence-electron chi connectivity index (χ4n) is 3.99. The van der Waals surface area contributed by atoms with Crippen molar-refractivity contribution in [1.82, 2.24) is 5.32 Å². The van der Waals surface area contributed by atoms with Crippen LogP contribution in [0.25, 0.3) is 6.08 Å².